The highest BCUT2D eigenvalue weighted by molar-refractivity contribution is 5.97. The lowest BCUT2D eigenvalue weighted by molar-refractivity contribution is 0.0948. The molecule has 2 heterocycles. The third-order valence-corrected chi connectivity index (χ3v) is 5.67. The number of hydrogen-bond acceptors (Lipinski definition) is 8. The minimum atomic E-state index is -0.339. The van der Waals surface area contributed by atoms with Crippen LogP contribution in [0.1, 0.15) is 29.6 Å². The Hall–Kier alpha value is -3.59. The maximum Gasteiger partial charge on any atom is 0.281 e. The predicted molar refractivity (Wildman–Crippen MR) is 130 cm³/mol. The third kappa shape index (κ3) is 5.81. The lowest BCUT2D eigenvalue weighted by Crippen LogP contribution is -2.33. The Morgan fingerprint density at radius 2 is 1.88 bits per heavy atom. The molecule has 174 valence electrons. The molecule has 1 aliphatic rings. The number of nitrogen functional groups attached to an aromatic ring is 1. The molecule has 9 nitrogen and oxygen atoms in total. The summed E-state index contributed by atoms with van der Waals surface area (Å²) in [6.07, 6.45) is 3.90. The summed E-state index contributed by atoms with van der Waals surface area (Å²) < 4.78 is 6.98. The lowest BCUT2D eigenvalue weighted by atomic mass is 10.1. The van der Waals surface area contributed by atoms with Crippen molar-refractivity contribution in [2.24, 2.45) is 0 Å². The van der Waals surface area contributed by atoms with Gasteiger partial charge in [-0.05, 0) is 68.4 Å². The molecule has 0 atom stereocenters. The van der Waals surface area contributed by atoms with Crippen LogP contribution in [-0.2, 0) is 0 Å². The van der Waals surface area contributed by atoms with Crippen molar-refractivity contribution in [2.45, 2.75) is 19.3 Å². The lowest BCUT2D eigenvalue weighted by Gasteiger charge is -2.26. The number of piperidine rings is 1. The van der Waals surface area contributed by atoms with Crippen LogP contribution in [0.2, 0.25) is 0 Å². The molecule has 3 aromatic rings. The molecule has 1 aromatic heterocycles. The van der Waals surface area contributed by atoms with Gasteiger partial charge in [0.15, 0.2) is 0 Å². The molecule has 3 N–H and O–H groups in total. The van der Waals surface area contributed by atoms with Gasteiger partial charge < -0.3 is 20.7 Å². The van der Waals surface area contributed by atoms with Gasteiger partial charge >= 0.3 is 0 Å². The summed E-state index contributed by atoms with van der Waals surface area (Å²) in [6.45, 7) is 3.95. The molecule has 0 aliphatic carbocycles. The van der Waals surface area contributed by atoms with Crippen molar-refractivity contribution in [1.29, 1.82) is 0 Å². The minimum absolute atomic E-state index is 0.0235. The second-order valence-electron chi connectivity index (χ2n) is 8.36. The molecule has 0 bridgehead atoms. The van der Waals surface area contributed by atoms with Crippen molar-refractivity contribution >= 4 is 29.2 Å². The molecule has 2 aromatic carbocycles. The minimum Gasteiger partial charge on any atom is -0.492 e. The average molecular weight is 450 g/mol. The van der Waals surface area contributed by atoms with E-state index in [1.165, 1.54) is 32.4 Å². The number of benzene rings is 2. The summed E-state index contributed by atoms with van der Waals surface area (Å²) in [5, 5.41) is 7.34. The van der Waals surface area contributed by atoms with Crippen LogP contribution in [-0.4, -0.2) is 65.9 Å². The van der Waals surface area contributed by atoms with Crippen LogP contribution < -0.4 is 20.7 Å². The summed E-state index contributed by atoms with van der Waals surface area (Å²) in [6, 6.07) is 14.8. The van der Waals surface area contributed by atoms with Gasteiger partial charge in [-0.1, -0.05) is 12.5 Å². The molecule has 9 heteroatoms. The number of aromatic nitrogens is 3. The molecule has 0 amide bonds. The Morgan fingerprint density at radius 1 is 1.12 bits per heavy atom. The number of nitrogens with one attached hydrogen (secondary N) is 1. The van der Waals surface area contributed by atoms with Crippen LogP contribution in [0, 0.1) is 0 Å². The van der Waals surface area contributed by atoms with Crippen molar-refractivity contribution in [1.82, 2.24) is 19.7 Å². The highest BCUT2D eigenvalue weighted by Crippen LogP contribution is 2.20. The van der Waals surface area contributed by atoms with Gasteiger partial charge in [0.2, 0.25) is 11.9 Å². The fourth-order valence-electron chi connectivity index (χ4n) is 3.81. The maximum absolute atomic E-state index is 12.9. The fraction of sp³-hybridized carbons (Fsp3) is 0.375. The monoisotopic (exact) mass is 449 g/mol. The van der Waals surface area contributed by atoms with Crippen LogP contribution in [0.15, 0.2) is 48.5 Å². The molecule has 33 heavy (non-hydrogen) atoms. The topological polar surface area (TPSA) is 102 Å². The van der Waals surface area contributed by atoms with E-state index >= 15 is 0 Å². The van der Waals surface area contributed by atoms with Gasteiger partial charge in [0.25, 0.3) is 5.91 Å². The van der Waals surface area contributed by atoms with E-state index in [0.717, 1.165) is 28.4 Å². The van der Waals surface area contributed by atoms with Crippen LogP contribution >= 0.6 is 0 Å². The molecule has 0 spiro atoms. The maximum atomic E-state index is 12.9. The Bertz CT molecular complexity index is 1070. The number of rotatable bonds is 8. The van der Waals surface area contributed by atoms with Gasteiger partial charge in [0, 0.05) is 37.6 Å². The molecule has 1 aliphatic heterocycles. The summed E-state index contributed by atoms with van der Waals surface area (Å²) in [4.78, 5) is 21.4. The van der Waals surface area contributed by atoms with E-state index in [9.17, 15) is 4.79 Å². The van der Waals surface area contributed by atoms with E-state index in [1.807, 2.05) is 55.4 Å². The van der Waals surface area contributed by atoms with Crippen molar-refractivity contribution < 1.29 is 9.53 Å². The number of nitrogens with zero attached hydrogens (tertiary/aromatic N) is 5. The molecule has 1 saturated heterocycles. The van der Waals surface area contributed by atoms with Gasteiger partial charge in [0.1, 0.15) is 12.4 Å². The number of carbonyl (C=O) groups excluding carboxylic acids is 1. The van der Waals surface area contributed by atoms with Gasteiger partial charge in [-0.2, -0.15) is 9.67 Å². The Balaban J connectivity index is 1.35. The second kappa shape index (κ2) is 10.4. The SMILES string of the molecule is CN(C)c1cccc(C(=O)n2nc(Nc3ccc(OCCN4CCCCC4)cc3)nc2N)c1. The third-order valence-electron chi connectivity index (χ3n) is 5.67. The molecule has 1 fully saturated rings. The average Bonchev–Trinajstić information content (AvgIpc) is 3.20. The molecule has 4 rings (SSSR count). The van der Waals surface area contributed by atoms with Crippen LogP contribution in [0.4, 0.5) is 23.3 Å². The van der Waals surface area contributed by atoms with Crippen molar-refractivity contribution in [3.8, 4) is 5.75 Å². The molecular formula is C24H31N7O2. The Kier molecular flexibility index (Phi) is 7.09. The zero-order valence-corrected chi connectivity index (χ0v) is 19.2. The zero-order valence-electron chi connectivity index (χ0n) is 19.2. The normalized spacial score (nSPS) is 14.1. The first-order chi connectivity index (χ1) is 16.0. The smallest absolute Gasteiger partial charge is 0.281 e. The van der Waals surface area contributed by atoms with Gasteiger partial charge in [0.05, 0.1) is 0 Å². The van der Waals surface area contributed by atoms with Gasteiger partial charge in [-0.25, -0.2) is 0 Å². The van der Waals surface area contributed by atoms with E-state index in [0.29, 0.717) is 12.2 Å². The Labute approximate surface area is 194 Å². The van der Waals surface area contributed by atoms with E-state index in [1.54, 1.807) is 12.1 Å². The number of hydrogen-bond donors (Lipinski definition) is 2. The zero-order chi connectivity index (χ0) is 23.2. The number of nitrogens with two attached hydrogens (primary N) is 1. The second-order valence-corrected chi connectivity index (χ2v) is 8.36. The van der Waals surface area contributed by atoms with Crippen molar-refractivity contribution in [3.63, 3.8) is 0 Å². The first kappa shape index (κ1) is 22.6. The summed E-state index contributed by atoms with van der Waals surface area (Å²) >= 11 is 0. The van der Waals surface area contributed by atoms with Crippen LogP contribution in [0.5, 0.6) is 5.75 Å². The molecular weight excluding hydrogens is 418 g/mol. The summed E-state index contributed by atoms with van der Waals surface area (Å²) in [5.74, 6) is 0.750. The van der Waals surface area contributed by atoms with E-state index in [-0.39, 0.29) is 17.8 Å². The van der Waals surface area contributed by atoms with Gasteiger partial charge in [-0.15, -0.1) is 5.10 Å². The highest BCUT2D eigenvalue weighted by Gasteiger charge is 2.17. The summed E-state index contributed by atoms with van der Waals surface area (Å²) in [5.41, 5.74) is 8.14. The quantitative estimate of drug-likeness (QED) is 0.541. The number of anilines is 4. The molecule has 0 unspecified atom stereocenters. The summed E-state index contributed by atoms with van der Waals surface area (Å²) in [7, 11) is 3.83. The Morgan fingerprint density at radius 3 is 2.61 bits per heavy atom. The first-order valence-electron chi connectivity index (χ1n) is 11.3. The van der Waals surface area contributed by atoms with E-state index in [2.05, 4.69) is 20.3 Å². The number of ether oxygens (including phenoxy) is 1. The van der Waals surface area contributed by atoms with Crippen LogP contribution in [0.3, 0.4) is 0 Å². The number of likely N-dealkylation sites (tertiary alicyclic amines) is 1. The molecule has 0 saturated carbocycles. The van der Waals surface area contributed by atoms with Crippen LogP contribution in [0.25, 0.3) is 0 Å². The fourth-order valence-corrected chi connectivity index (χ4v) is 3.81. The van der Waals surface area contributed by atoms with E-state index < -0.39 is 0 Å². The predicted octanol–water partition coefficient (Wildman–Crippen LogP) is 3.22. The van der Waals surface area contributed by atoms with Gasteiger partial charge in [-0.3, -0.25) is 9.69 Å². The largest absolute Gasteiger partial charge is 0.492 e. The number of carbonyl (C=O) groups is 1. The first-order valence-corrected chi connectivity index (χ1v) is 11.3. The molecule has 0 radical (unpaired) electrons. The van der Waals surface area contributed by atoms with E-state index in [4.69, 9.17) is 10.5 Å². The van der Waals surface area contributed by atoms with Crippen molar-refractivity contribution in [2.75, 3.05) is 56.3 Å². The standard InChI is InChI=1S/C24H31N7O2/c1-29(2)20-8-6-7-18(17-20)22(32)31-23(25)27-24(28-31)26-19-9-11-21(12-10-19)33-16-15-30-13-4-3-5-14-30/h6-12,17H,3-5,13-16H2,1-2H3,(H3,25,26,27,28). The van der Waals surface area contributed by atoms with Crippen molar-refractivity contribution in [3.05, 3.63) is 54.1 Å². The highest BCUT2D eigenvalue weighted by atomic mass is 16.5.